The van der Waals surface area contributed by atoms with Crippen molar-refractivity contribution in [3.8, 4) is 0 Å². The maximum absolute atomic E-state index is 12.4. The molecule has 1 aromatic carbocycles. The first-order valence-corrected chi connectivity index (χ1v) is 17.1. The van der Waals surface area contributed by atoms with Crippen molar-refractivity contribution in [1.82, 2.24) is 5.32 Å². The van der Waals surface area contributed by atoms with E-state index in [0.29, 0.717) is 49.3 Å². The summed E-state index contributed by atoms with van der Waals surface area (Å²) in [6.07, 6.45) is 10.3. The van der Waals surface area contributed by atoms with Crippen LogP contribution >= 0.6 is 21.6 Å². The Balaban J connectivity index is 1.13. The van der Waals surface area contributed by atoms with Gasteiger partial charge in [0.25, 0.3) is 0 Å². The topological polar surface area (TPSA) is 89.5 Å². The van der Waals surface area contributed by atoms with Gasteiger partial charge in [-0.25, -0.2) is 0 Å². The van der Waals surface area contributed by atoms with E-state index in [4.69, 9.17) is 4.74 Å². The summed E-state index contributed by atoms with van der Waals surface area (Å²) in [6, 6.07) is 9.77. The number of carbonyl (C=O) groups excluding carboxylic acids is 4. The minimum atomic E-state index is -0.0894. The molecule has 0 aliphatic heterocycles. The highest BCUT2D eigenvalue weighted by atomic mass is 33.1. The Labute approximate surface area is 241 Å². The maximum Gasteiger partial charge on any atom is 0.309 e. The molecule has 2 aliphatic carbocycles. The Hall–Kier alpha value is -1.80. The zero-order valence-corrected chi connectivity index (χ0v) is 25.0. The number of amides is 1. The SMILES string of the molecule is CC(=O)C1CCC(CNC(=O)CCSSCCC(=O)CCC2CCC(C(=O)OCc3ccccc3)CC2)CC1. The van der Waals surface area contributed by atoms with Gasteiger partial charge in [0.05, 0.1) is 5.92 Å². The van der Waals surface area contributed by atoms with Crippen molar-refractivity contribution in [2.45, 2.75) is 90.6 Å². The molecule has 1 aromatic rings. The molecule has 1 N–H and O–H groups in total. The van der Waals surface area contributed by atoms with Crippen molar-refractivity contribution >= 4 is 45.0 Å². The lowest BCUT2D eigenvalue weighted by Crippen LogP contribution is -2.32. The molecule has 3 rings (SSSR count). The van der Waals surface area contributed by atoms with E-state index < -0.39 is 0 Å². The van der Waals surface area contributed by atoms with Crippen LogP contribution in [0.4, 0.5) is 0 Å². The number of nitrogens with one attached hydrogen (secondary N) is 1. The van der Waals surface area contributed by atoms with Gasteiger partial charge in [0, 0.05) is 43.2 Å². The number of ether oxygens (including phenoxy) is 1. The maximum atomic E-state index is 12.4. The van der Waals surface area contributed by atoms with Gasteiger partial charge in [-0.15, -0.1) is 0 Å². The normalized spacial score (nSPS) is 23.1. The van der Waals surface area contributed by atoms with E-state index in [9.17, 15) is 19.2 Å². The molecule has 0 heterocycles. The minimum absolute atomic E-state index is 0.0102. The largest absolute Gasteiger partial charge is 0.461 e. The lowest BCUT2D eigenvalue weighted by Gasteiger charge is -2.27. The summed E-state index contributed by atoms with van der Waals surface area (Å²) < 4.78 is 5.50. The fourth-order valence-electron chi connectivity index (χ4n) is 5.55. The molecule has 39 heavy (non-hydrogen) atoms. The monoisotopic (exact) mass is 575 g/mol. The average molecular weight is 576 g/mol. The van der Waals surface area contributed by atoms with E-state index in [2.05, 4.69) is 5.32 Å². The predicted octanol–water partition coefficient (Wildman–Crippen LogP) is 6.56. The zero-order valence-electron chi connectivity index (χ0n) is 23.4. The quantitative estimate of drug-likeness (QED) is 0.136. The third-order valence-corrected chi connectivity index (χ3v) is 10.6. The van der Waals surface area contributed by atoms with Crippen LogP contribution in [0.1, 0.15) is 89.5 Å². The Morgan fingerprint density at radius 2 is 1.41 bits per heavy atom. The number of benzene rings is 1. The summed E-state index contributed by atoms with van der Waals surface area (Å²) in [4.78, 5) is 48.3. The summed E-state index contributed by atoms with van der Waals surface area (Å²) in [7, 11) is 3.34. The molecule has 0 radical (unpaired) electrons. The molecule has 8 heteroatoms. The van der Waals surface area contributed by atoms with Crippen molar-refractivity contribution in [2.24, 2.45) is 23.7 Å². The molecular weight excluding hydrogens is 530 g/mol. The van der Waals surface area contributed by atoms with Crippen molar-refractivity contribution in [1.29, 1.82) is 0 Å². The molecule has 2 aliphatic rings. The summed E-state index contributed by atoms with van der Waals surface area (Å²) in [5.41, 5.74) is 1.01. The highest BCUT2D eigenvalue weighted by Gasteiger charge is 2.28. The van der Waals surface area contributed by atoms with Crippen molar-refractivity contribution in [2.75, 3.05) is 18.1 Å². The molecular formula is C31H45NO5S2. The molecule has 0 aromatic heterocycles. The minimum Gasteiger partial charge on any atom is -0.461 e. The van der Waals surface area contributed by atoms with Crippen LogP contribution < -0.4 is 5.32 Å². The Bertz CT molecular complexity index is 909. The first-order chi connectivity index (χ1) is 18.9. The first-order valence-electron chi connectivity index (χ1n) is 14.6. The van der Waals surface area contributed by atoms with E-state index >= 15 is 0 Å². The van der Waals surface area contributed by atoms with Gasteiger partial charge in [-0.1, -0.05) is 51.9 Å². The fourth-order valence-corrected chi connectivity index (χ4v) is 7.57. The number of Topliss-reactive ketones (excluding diaryl/α,β-unsaturated/α-hetero) is 2. The van der Waals surface area contributed by atoms with Gasteiger partial charge < -0.3 is 10.1 Å². The molecule has 0 atom stereocenters. The summed E-state index contributed by atoms with van der Waals surface area (Å²) in [6.45, 7) is 2.74. The van der Waals surface area contributed by atoms with Crippen molar-refractivity contribution < 1.29 is 23.9 Å². The van der Waals surface area contributed by atoms with Crippen LogP contribution in [0.5, 0.6) is 0 Å². The summed E-state index contributed by atoms with van der Waals surface area (Å²) in [5.74, 6) is 3.37. The van der Waals surface area contributed by atoms with E-state index in [0.717, 1.165) is 81.4 Å². The average Bonchev–Trinajstić information content (AvgIpc) is 2.96. The fraction of sp³-hybridized carbons (Fsp3) is 0.677. The molecule has 0 unspecified atom stereocenters. The van der Waals surface area contributed by atoms with Gasteiger partial charge in [0.15, 0.2) is 0 Å². The lowest BCUT2D eigenvalue weighted by molar-refractivity contribution is -0.151. The molecule has 1 amide bonds. The highest BCUT2D eigenvalue weighted by Crippen LogP contribution is 2.33. The zero-order chi connectivity index (χ0) is 27.9. The van der Waals surface area contributed by atoms with E-state index in [1.54, 1.807) is 28.5 Å². The summed E-state index contributed by atoms with van der Waals surface area (Å²) in [5, 5.41) is 3.05. The first kappa shape index (κ1) is 31.7. The second-order valence-corrected chi connectivity index (χ2v) is 13.9. The van der Waals surface area contributed by atoms with Crippen LogP contribution in [-0.4, -0.2) is 41.5 Å². The van der Waals surface area contributed by atoms with E-state index in [1.165, 1.54) is 0 Å². The number of carbonyl (C=O) groups is 4. The standard InChI is InChI=1S/C31H45NO5S2/c1-23(33)27-12-9-25(10-13-27)21-32-30(35)18-20-39-38-19-17-29(34)16-11-24-7-14-28(15-8-24)31(36)37-22-26-5-3-2-4-6-26/h2-6,24-25,27-28H,7-22H2,1H3,(H,32,35). The van der Waals surface area contributed by atoms with E-state index in [-0.39, 0.29) is 23.7 Å². The third-order valence-electron chi connectivity index (χ3n) is 8.21. The Morgan fingerprint density at radius 3 is 2.08 bits per heavy atom. The highest BCUT2D eigenvalue weighted by molar-refractivity contribution is 8.76. The third kappa shape index (κ3) is 12.5. The van der Waals surface area contributed by atoms with Crippen LogP contribution in [0.3, 0.4) is 0 Å². The predicted molar refractivity (Wildman–Crippen MR) is 159 cm³/mol. The van der Waals surface area contributed by atoms with Crippen LogP contribution in [-0.2, 0) is 30.5 Å². The van der Waals surface area contributed by atoms with Crippen LogP contribution in [0.15, 0.2) is 30.3 Å². The number of hydrogen-bond acceptors (Lipinski definition) is 7. The molecule has 2 saturated carbocycles. The number of rotatable bonds is 16. The van der Waals surface area contributed by atoms with E-state index in [1.807, 2.05) is 30.3 Å². The smallest absolute Gasteiger partial charge is 0.309 e. The molecule has 6 nitrogen and oxygen atoms in total. The van der Waals surface area contributed by atoms with Crippen molar-refractivity contribution in [3.05, 3.63) is 35.9 Å². The van der Waals surface area contributed by atoms with Gasteiger partial charge in [0.1, 0.15) is 18.2 Å². The number of esters is 1. The second kappa shape index (κ2) is 17.8. The van der Waals surface area contributed by atoms with Gasteiger partial charge in [-0.05, 0) is 82.1 Å². The Kier molecular flexibility index (Phi) is 14.5. The van der Waals surface area contributed by atoms with Crippen LogP contribution in [0.25, 0.3) is 0 Å². The molecule has 0 saturated heterocycles. The van der Waals surface area contributed by atoms with Gasteiger partial charge in [0.2, 0.25) is 5.91 Å². The van der Waals surface area contributed by atoms with Crippen molar-refractivity contribution in [3.63, 3.8) is 0 Å². The van der Waals surface area contributed by atoms with Crippen LogP contribution in [0.2, 0.25) is 0 Å². The Morgan fingerprint density at radius 1 is 0.795 bits per heavy atom. The lowest BCUT2D eigenvalue weighted by atomic mass is 9.79. The van der Waals surface area contributed by atoms with Crippen LogP contribution in [0, 0.1) is 23.7 Å². The van der Waals surface area contributed by atoms with Gasteiger partial charge >= 0.3 is 5.97 Å². The number of hydrogen-bond donors (Lipinski definition) is 1. The molecule has 0 spiro atoms. The number of ketones is 2. The van der Waals surface area contributed by atoms with Gasteiger partial charge in [-0.2, -0.15) is 0 Å². The second-order valence-electron chi connectivity index (χ2n) is 11.2. The van der Waals surface area contributed by atoms with Gasteiger partial charge in [-0.3, -0.25) is 19.2 Å². The summed E-state index contributed by atoms with van der Waals surface area (Å²) >= 11 is 0. The molecule has 216 valence electrons. The molecule has 0 bridgehead atoms. The molecule has 2 fully saturated rings.